The molecule has 0 aliphatic carbocycles. The highest BCUT2D eigenvalue weighted by Crippen LogP contribution is 2.20. The Kier molecular flexibility index (Phi) is 4.48. The van der Waals surface area contributed by atoms with Gasteiger partial charge in [-0.25, -0.2) is 4.79 Å². The number of nitrogens with zero attached hydrogens (tertiary/aromatic N) is 5. The van der Waals surface area contributed by atoms with Crippen LogP contribution in [0.2, 0.25) is 0 Å². The number of para-hydroxylation sites is 1. The number of amides is 1. The van der Waals surface area contributed by atoms with Crippen LogP contribution in [0.1, 0.15) is 16.2 Å². The number of esters is 1. The van der Waals surface area contributed by atoms with Gasteiger partial charge in [0.2, 0.25) is 11.7 Å². The van der Waals surface area contributed by atoms with Crippen LogP contribution in [-0.2, 0) is 16.1 Å². The van der Waals surface area contributed by atoms with Crippen molar-refractivity contribution in [3.05, 3.63) is 42.0 Å². The van der Waals surface area contributed by atoms with Crippen LogP contribution in [0.25, 0.3) is 0 Å². The van der Waals surface area contributed by atoms with Crippen LogP contribution in [0.4, 0.5) is 5.69 Å². The molecule has 0 aliphatic heterocycles. The molecule has 0 fully saturated rings. The van der Waals surface area contributed by atoms with E-state index in [1.807, 2.05) is 6.07 Å². The van der Waals surface area contributed by atoms with Crippen LogP contribution in [0.15, 0.2) is 30.6 Å². The lowest BCUT2D eigenvalue weighted by Gasteiger charge is -2.20. The van der Waals surface area contributed by atoms with Crippen molar-refractivity contribution in [2.75, 3.05) is 19.1 Å². The summed E-state index contributed by atoms with van der Waals surface area (Å²) in [6, 6.07) is 8.45. The number of benzene rings is 1. The van der Waals surface area contributed by atoms with Gasteiger partial charge < -0.3 is 9.64 Å². The minimum Gasteiger partial charge on any atom is -0.465 e. The second kappa shape index (κ2) is 6.49. The lowest BCUT2D eigenvalue weighted by molar-refractivity contribution is -0.118. The minimum atomic E-state index is -0.530. The normalized spacial score (nSPS) is 9.86. The number of methoxy groups -OCH3 is 1. The summed E-state index contributed by atoms with van der Waals surface area (Å²) in [5.41, 5.74) is 0.705. The van der Waals surface area contributed by atoms with Crippen molar-refractivity contribution in [2.45, 2.75) is 6.54 Å². The van der Waals surface area contributed by atoms with Gasteiger partial charge in [-0.15, -0.1) is 10.2 Å². The highest BCUT2D eigenvalue weighted by Gasteiger charge is 2.19. The van der Waals surface area contributed by atoms with Gasteiger partial charge in [0.15, 0.2) is 0 Å². The molecule has 22 heavy (non-hydrogen) atoms. The van der Waals surface area contributed by atoms with E-state index >= 15 is 0 Å². The standard InChI is InChI=1S/C14H13N5O3/c1-18(11-6-4-3-5-10(11)14(21)22-2)13(20)8-19-9-16-17-12(19)7-15/h3-6,9H,8H2,1-2H3. The van der Waals surface area contributed by atoms with E-state index in [-0.39, 0.29) is 23.8 Å². The Hall–Kier alpha value is -3.21. The molecule has 2 aromatic rings. The van der Waals surface area contributed by atoms with Crippen molar-refractivity contribution in [3.63, 3.8) is 0 Å². The monoisotopic (exact) mass is 299 g/mol. The summed E-state index contributed by atoms with van der Waals surface area (Å²) >= 11 is 0. The Balaban J connectivity index is 2.25. The molecule has 0 radical (unpaired) electrons. The molecular formula is C14H13N5O3. The summed E-state index contributed by atoms with van der Waals surface area (Å²) in [5.74, 6) is -0.812. The molecule has 1 heterocycles. The summed E-state index contributed by atoms with van der Waals surface area (Å²) in [6.45, 7) is -0.109. The zero-order valence-electron chi connectivity index (χ0n) is 12.1. The van der Waals surface area contributed by atoms with Crippen LogP contribution in [-0.4, -0.2) is 40.8 Å². The van der Waals surface area contributed by atoms with E-state index in [4.69, 9.17) is 10.00 Å². The molecule has 0 bridgehead atoms. The zero-order valence-corrected chi connectivity index (χ0v) is 12.1. The first-order valence-corrected chi connectivity index (χ1v) is 6.30. The third-order valence-electron chi connectivity index (χ3n) is 3.07. The maximum Gasteiger partial charge on any atom is 0.339 e. The molecule has 1 amide bonds. The Bertz CT molecular complexity index is 747. The van der Waals surface area contributed by atoms with E-state index in [1.165, 1.54) is 22.9 Å². The van der Waals surface area contributed by atoms with Gasteiger partial charge in [-0.2, -0.15) is 5.26 Å². The lowest BCUT2D eigenvalue weighted by atomic mass is 10.1. The third-order valence-corrected chi connectivity index (χ3v) is 3.07. The molecule has 0 aliphatic rings. The third kappa shape index (κ3) is 2.93. The second-order valence-electron chi connectivity index (χ2n) is 4.36. The largest absolute Gasteiger partial charge is 0.465 e. The molecule has 0 unspecified atom stereocenters. The quantitative estimate of drug-likeness (QED) is 0.766. The van der Waals surface area contributed by atoms with E-state index in [1.54, 1.807) is 31.3 Å². The molecule has 1 aromatic carbocycles. The molecule has 8 nitrogen and oxygen atoms in total. The SMILES string of the molecule is COC(=O)c1ccccc1N(C)C(=O)Cn1cnnc1C#N. The number of aromatic nitrogens is 3. The second-order valence-corrected chi connectivity index (χ2v) is 4.36. The van der Waals surface area contributed by atoms with Crippen molar-refractivity contribution in [1.82, 2.24) is 14.8 Å². The van der Waals surface area contributed by atoms with Gasteiger partial charge in [-0.3, -0.25) is 9.36 Å². The van der Waals surface area contributed by atoms with Crippen molar-refractivity contribution in [2.24, 2.45) is 0 Å². The van der Waals surface area contributed by atoms with Crippen LogP contribution >= 0.6 is 0 Å². The first-order valence-electron chi connectivity index (χ1n) is 6.30. The summed E-state index contributed by atoms with van der Waals surface area (Å²) in [7, 11) is 2.82. The highest BCUT2D eigenvalue weighted by atomic mass is 16.5. The van der Waals surface area contributed by atoms with Crippen LogP contribution in [0.3, 0.4) is 0 Å². The van der Waals surface area contributed by atoms with Gasteiger partial charge in [-0.05, 0) is 12.1 Å². The number of anilines is 1. The van der Waals surface area contributed by atoms with Crippen molar-refractivity contribution < 1.29 is 14.3 Å². The van der Waals surface area contributed by atoms with Crippen LogP contribution in [0.5, 0.6) is 0 Å². The van der Waals surface area contributed by atoms with E-state index < -0.39 is 5.97 Å². The molecular weight excluding hydrogens is 286 g/mol. The van der Waals surface area contributed by atoms with Gasteiger partial charge in [-0.1, -0.05) is 12.1 Å². The summed E-state index contributed by atoms with van der Waals surface area (Å²) in [5, 5.41) is 16.0. The Morgan fingerprint density at radius 1 is 1.41 bits per heavy atom. The molecule has 8 heteroatoms. The predicted molar refractivity (Wildman–Crippen MR) is 75.9 cm³/mol. The fraction of sp³-hybridized carbons (Fsp3) is 0.214. The van der Waals surface area contributed by atoms with Gasteiger partial charge in [0.05, 0.1) is 18.4 Å². The molecule has 2 rings (SSSR count). The van der Waals surface area contributed by atoms with Crippen molar-refractivity contribution >= 4 is 17.6 Å². The minimum absolute atomic E-state index is 0.0444. The number of carbonyl (C=O) groups is 2. The number of likely N-dealkylation sites (N-methyl/N-ethyl adjacent to an activating group) is 1. The van der Waals surface area contributed by atoms with Crippen LogP contribution in [0, 0.1) is 11.3 Å². The predicted octanol–water partition coefficient (Wildman–Crippen LogP) is 0.599. The molecule has 0 N–H and O–H groups in total. The Labute approximate surface area is 126 Å². The van der Waals surface area contributed by atoms with Crippen molar-refractivity contribution in [1.29, 1.82) is 5.26 Å². The Morgan fingerprint density at radius 3 is 2.82 bits per heavy atom. The maximum absolute atomic E-state index is 12.3. The molecule has 0 spiro atoms. The zero-order chi connectivity index (χ0) is 16.1. The molecule has 0 saturated carbocycles. The number of carbonyl (C=O) groups excluding carboxylic acids is 2. The molecule has 0 atom stereocenters. The average Bonchev–Trinajstić information content (AvgIpc) is 3.00. The highest BCUT2D eigenvalue weighted by molar-refractivity contribution is 6.02. The first-order chi connectivity index (χ1) is 10.6. The molecule has 112 valence electrons. The summed E-state index contributed by atoms with van der Waals surface area (Å²) < 4.78 is 6.04. The summed E-state index contributed by atoms with van der Waals surface area (Å²) in [6.07, 6.45) is 1.30. The fourth-order valence-electron chi connectivity index (χ4n) is 1.89. The smallest absolute Gasteiger partial charge is 0.339 e. The van der Waals surface area contributed by atoms with E-state index in [2.05, 4.69) is 10.2 Å². The van der Waals surface area contributed by atoms with Gasteiger partial charge >= 0.3 is 5.97 Å². The fourth-order valence-corrected chi connectivity index (χ4v) is 1.89. The van der Waals surface area contributed by atoms with E-state index in [0.29, 0.717) is 5.69 Å². The van der Waals surface area contributed by atoms with Gasteiger partial charge in [0, 0.05) is 7.05 Å². The molecule has 0 saturated heterocycles. The number of hydrogen-bond donors (Lipinski definition) is 0. The summed E-state index contributed by atoms with van der Waals surface area (Å²) in [4.78, 5) is 25.4. The van der Waals surface area contributed by atoms with Crippen LogP contribution < -0.4 is 4.90 Å². The average molecular weight is 299 g/mol. The Morgan fingerprint density at radius 2 is 2.14 bits per heavy atom. The lowest BCUT2D eigenvalue weighted by Crippen LogP contribution is -2.31. The van der Waals surface area contributed by atoms with Gasteiger partial charge in [0.25, 0.3) is 0 Å². The van der Waals surface area contributed by atoms with Gasteiger partial charge in [0.1, 0.15) is 18.9 Å². The first kappa shape index (κ1) is 15.2. The molecule has 1 aromatic heterocycles. The number of nitriles is 1. The number of hydrogen-bond acceptors (Lipinski definition) is 6. The van der Waals surface area contributed by atoms with E-state index in [0.717, 1.165) is 0 Å². The topological polar surface area (TPSA) is 101 Å². The van der Waals surface area contributed by atoms with Crippen molar-refractivity contribution in [3.8, 4) is 6.07 Å². The number of ether oxygens (including phenoxy) is 1. The number of rotatable bonds is 4. The maximum atomic E-state index is 12.3. The van der Waals surface area contributed by atoms with E-state index in [9.17, 15) is 9.59 Å².